The lowest BCUT2D eigenvalue weighted by Crippen LogP contribution is -2.22. The van der Waals surface area contributed by atoms with Crippen molar-refractivity contribution in [1.29, 1.82) is 5.26 Å². The molecule has 140 valence electrons. The van der Waals surface area contributed by atoms with Gasteiger partial charge in [-0.3, -0.25) is 9.59 Å². The summed E-state index contributed by atoms with van der Waals surface area (Å²) in [4.78, 5) is 36.3. The Balaban J connectivity index is 1.71. The van der Waals surface area contributed by atoms with E-state index in [9.17, 15) is 14.4 Å². The summed E-state index contributed by atoms with van der Waals surface area (Å²) in [6.45, 7) is 1.20. The third-order valence-electron chi connectivity index (χ3n) is 3.79. The van der Waals surface area contributed by atoms with E-state index in [2.05, 4.69) is 5.32 Å². The van der Waals surface area contributed by atoms with Crippen molar-refractivity contribution in [2.45, 2.75) is 6.92 Å². The lowest BCUT2D eigenvalue weighted by Gasteiger charge is -2.08. The second-order valence-electron chi connectivity index (χ2n) is 5.90. The van der Waals surface area contributed by atoms with Crippen molar-refractivity contribution >= 4 is 40.1 Å². The normalized spacial score (nSPS) is 10.3. The molecular formula is C20H13ClN2O5. The summed E-state index contributed by atoms with van der Waals surface area (Å²) in [6, 6.07) is 12.3. The first-order valence-electron chi connectivity index (χ1n) is 8.08. The number of hydrogen-bond donors (Lipinski definition) is 1. The highest BCUT2D eigenvalue weighted by atomic mass is 35.5. The minimum atomic E-state index is -0.957. The number of nitrogens with zero attached hydrogens (tertiary/aromatic N) is 1. The van der Waals surface area contributed by atoms with Crippen molar-refractivity contribution in [3.05, 3.63) is 74.6 Å². The Morgan fingerprint density at radius 1 is 1.21 bits per heavy atom. The number of hydrogen-bond acceptors (Lipinski definition) is 6. The van der Waals surface area contributed by atoms with Gasteiger partial charge in [0.15, 0.2) is 12.0 Å². The molecule has 1 aromatic heterocycles. The summed E-state index contributed by atoms with van der Waals surface area (Å²) in [5, 5.41) is 12.2. The van der Waals surface area contributed by atoms with E-state index in [1.807, 2.05) is 13.0 Å². The predicted molar refractivity (Wildman–Crippen MR) is 102 cm³/mol. The van der Waals surface area contributed by atoms with Crippen molar-refractivity contribution in [3.8, 4) is 6.07 Å². The first kappa shape index (κ1) is 19.1. The highest BCUT2D eigenvalue weighted by Crippen LogP contribution is 2.20. The molecule has 2 aromatic carbocycles. The first-order chi connectivity index (χ1) is 13.4. The molecule has 0 aliphatic carbocycles. The molecule has 0 saturated heterocycles. The van der Waals surface area contributed by atoms with E-state index in [1.54, 1.807) is 18.2 Å². The van der Waals surface area contributed by atoms with Crippen LogP contribution in [0.3, 0.4) is 0 Å². The van der Waals surface area contributed by atoms with Crippen LogP contribution in [0.25, 0.3) is 11.0 Å². The van der Waals surface area contributed by atoms with E-state index in [0.717, 1.165) is 11.6 Å². The fourth-order valence-corrected chi connectivity index (χ4v) is 2.65. The quantitative estimate of drug-likeness (QED) is 0.676. The molecule has 0 aliphatic heterocycles. The number of aryl methyl sites for hydroxylation is 1. The molecule has 0 saturated carbocycles. The number of nitrogens with one attached hydrogen (secondary N) is 1. The average molecular weight is 397 g/mol. The fraction of sp³-hybridized carbons (Fsp3) is 0.100. The summed E-state index contributed by atoms with van der Waals surface area (Å²) >= 11 is 5.85. The van der Waals surface area contributed by atoms with Crippen molar-refractivity contribution < 1.29 is 18.7 Å². The molecule has 3 aromatic rings. The third-order valence-corrected chi connectivity index (χ3v) is 4.03. The number of halogens is 1. The standard InChI is InChI=1S/C20H13ClN2O5/c1-11-2-5-17-14(6-11)16(24)8-18(28-17)20(26)27-10-19(25)23-15-7-13(21)4-3-12(15)9-22/h2-8H,10H2,1H3,(H,23,25). The number of rotatable bonds is 4. The largest absolute Gasteiger partial charge is 0.450 e. The molecule has 28 heavy (non-hydrogen) atoms. The van der Waals surface area contributed by atoms with Crippen LogP contribution in [0, 0.1) is 18.3 Å². The van der Waals surface area contributed by atoms with Gasteiger partial charge in [0.1, 0.15) is 11.7 Å². The first-order valence-corrected chi connectivity index (χ1v) is 8.46. The lowest BCUT2D eigenvalue weighted by atomic mass is 10.1. The molecule has 1 N–H and O–H groups in total. The molecule has 0 bridgehead atoms. The Morgan fingerprint density at radius 3 is 2.75 bits per heavy atom. The summed E-state index contributed by atoms with van der Waals surface area (Å²) in [5.74, 6) is -1.94. The van der Waals surface area contributed by atoms with Crippen LogP contribution in [0.4, 0.5) is 5.69 Å². The van der Waals surface area contributed by atoms with Gasteiger partial charge in [0.05, 0.1) is 16.6 Å². The van der Waals surface area contributed by atoms with E-state index in [0.29, 0.717) is 10.4 Å². The maximum Gasteiger partial charge on any atom is 0.374 e. The van der Waals surface area contributed by atoms with Crippen LogP contribution >= 0.6 is 11.6 Å². The number of nitriles is 1. The van der Waals surface area contributed by atoms with Gasteiger partial charge < -0.3 is 14.5 Å². The molecule has 0 atom stereocenters. The molecule has 7 nitrogen and oxygen atoms in total. The SMILES string of the molecule is Cc1ccc2oc(C(=O)OCC(=O)Nc3cc(Cl)ccc3C#N)cc(=O)c2c1. The van der Waals surface area contributed by atoms with Gasteiger partial charge in [0, 0.05) is 11.1 Å². The Kier molecular flexibility index (Phi) is 5.43. The molecule has 0 spiro atoms. The van der Waals surface area contributed by atoms with E-state index in [1.165, 1.54) is 18.2 Å². The predicted octanol–water partition coefficient (Wildman–Crippen LogP) is 3.42. The number of anilines is 1. The van der Waals surface area contributed by atoms with Crippen LogP contribution in [0.2, 0.25) is 5.02 Å². The summed E-state index contributed by atoms with van der Waals surface area (Å²) in [7, 11) is 0. The second kappa shape index (κ2) is 7.94. The number of carbonyl (C=O) groups is 2. The Morgan fingerprint density at radius 2 is 2.00 bits per heavy atom. The van der Waals surface area contributed by atoms with E-state index < -0.39 is 18.5 Å². The van der Waals surface area contributed by atoms with Crippen LogP contribution in [0.5, 0.6) is 0 Å². The fourth-order valence-electron chi connectivity index (χ4n) is 2.48. The number of amides is 1. The maximum absolute atomic E-state index is 12.1. The number of benzene rings is 2. The smallest absolute Gasteiger partial charge is 0.374 e. The monoisotopic (exact) mass is 396 g/mol. The molecule has 8 heteroatoms. The zero-order valence-electron chi connectivity index (χ0n) is 14.6. The van der Waals surface area contributed by atoms with Gasteiger partial charge in [-0.05, 0) is 37.3 Å². The van der Waals surface area contributed by atoms with Crippen LogP contribution in [-0.4, -0.2) is 18.5 Å². The van der Waals surface area contributed by atoms with Crippen molar-refractivity contribution in [1.82, 2.24) is 0 Å². The van der Waals surface area contributed by atoms with E-state index >= 15 is 0 Å². The molecule has 1 heterocycles. The summed E-state index contributed by atoms with van der Waals surface area (Å²) < 4.78 is 10.3. The molecule has 0 fully saturated rings. The zero-order chi connectivity index (χ0) is 20.3. The van der Waals surface area contributed by atoms with Gasteiger partial charge in [-0.15, -0.1) is 0 Å². The maximum atomic E-state index is 12.1. The van der Waals surface area contributed by atoms with Gasteiger partial charge in [0.25, 0.3) is 5.91 Å². The second-order valence-corrected chi connectivity index (χ2v) is 6.34. The van der Waals surface area contributed by atoms with Crippen LogP contribution in [0.1, 0.15) is 21.7 Å². The van der Waals surface area contributed by atoms with E-state index in [4.69, 9.17) is 26.0 Å². The molecular weight excluding hydrogens is 384 g/mol. The van der Waals surface area contributed by atoms with E-state index in [-0.39, 0.29) is 28.0 Å². The van der Waals surface area contributed by atoms with Gasteiger partial charge in [-0.25, -0.2) is 4.79 Å². The Hall–Kier alpha value is -3.63. The van der Waals surface area contributed by atoms with Crippen LogP contribution in [0.15, 0.2) is 51.7 Å². The Bertz CT molecular complexity index is 1190. The number of fused-ring (bicyclic) bond motifs is 1. The summed E-state index contributed by atoms with van der Waals surface area (Å²) in [5.41, 5.74) is 1.14. The van der Waals surface area contributed by atoms with Crippen molar-refractivity contribution in [3.63, 3.8) is 0 Å². The topological polar surface area (TPSA) is 109 Å². The van der Waals surface area contributed by atoms with Gasteiger partial charge in [0.2, 0.25) is 5.76 Å². The van der Waals surface area contributed by atoms with Crippen molar-refractivity contribution in [2.24, 2.45) is 0 Å². The van der Waals surface area contributed by atoms with Crippen LogP contribution < -0.4 is 10.7 Å². The third kappa shape index (κ3) is 4.19. The molecule has 0 unspecified atom stereocenters. The highest BCUT2D eigenvalue weighted by Gasteiger charge is 2.16. The summed E-state index contributed by atoms with van der Waals surface area (Å²) in [6.07, 6.45) is 0. The molecule has 0 radical (unpaired) electrons. The zero-order valence-corrected chi connectivity index (χ0v) is 15.4. The molecule has 0 aliphatic rings. The molecule has 1 amide bonds. The average Bonchev–Trinajstić information content (AvgIpc) is 2.66. The number of esters is 1. The lowest BCUT2D eigenvalue weighted by molar-refractivity contribution is -0.119. The van der Waals surface area contributed by atoms with Crippen molar-refractivity contribution in [2.75, 3.05) is 11.9 Å². The van der Waals surface area contributed by atoms with Crippen LogP contribution in [-0.2, 0) is 9.53 Å². The number of ether oxygens (including phenoxy) is 1. The minimum Gasteiger partial charge on any atom is -0.450 e. The van der Waals surface area contributed by atoms with Gasteiger partial charge >= 0.3 is 5.97 Å². The molecule has 3 rings (SSSR count). The number of carbonyl (C=O) groups excluding carboxylic acids is 2. The van der Waals surface area contributed by atoms with Gasteiger partial charge in [-0.2, -0.15) is 5.26 Å². The Labute approximate surface area is 164 Å². The minimum absolute atomic E-state index is 0.198. The van der Waals surface area contributed by atoms with Gasteiger partial charge in [-0.1, -0.05) is 23.2 Å². The highest BCUT2D eigenvalue weighted by molar-refractivity contribution is 6.31.